The SMILES string of the molecule is CCC(C)CC1(C)CC1C(C)CC. The molecule has 0 radical (unpaired) electrons. The van der Waals surface area contributed by atoms with E-state index < -0.39 is 0 Å². The first-order valence-corrected chi connectivity index (χ1v) is 6.03. The second-order valence-electron chi connectivity index (χ2n) is 5.57. The second-order valence-corrected chi connectivity index (χ2v) is 5.57. The molecule has 0 aromatic rings. The molecule has 0 aliphatic heterocycles. The van der Waals surface area contributed by atoms with Crippen LogP contribution < -0.4 is 0 Å². The molecule has 4 atom stereocenters. The molecule has 13 heavy (non-hydrogen) atoms. The van der Waals surface area contributed by atoms with Gasteiger partial charge in [0.2, 0.25) is 0 Å². The fraction of sp³-hybridized carbons (Fsp3) is 1.00. The van der Waals surface area contributed by atoms with E-state index in [2.05, 4.69) is 34.6 Å². The lowest BCUT2D eigenvalue weighted by molar-refractivity contribution is 0.320. The van der Waals surface area contributed by atoms with Crippen molar-refractivity contribution >= 4 is 0 Å². The van der Waals surface area contributed by atoms with Gasteiger partial charge in [-0.25, -0.2) is 0 Å². The largest absolute Gasteiger partial charge is 0.0651 e. The maximum atomic E-state index is 2.50. The number of hydrogen-bond acceptors (Lipinski definition) is 0. The van der Waals surface area contributed by atoms with Crippen LogP contribution in [0.3, 0.4) is 0 Å². The molecule has 1 saturated carbocycles. The molecular weight excluding hydrogens is 156 g/mol. The van der Waals surface area contributed by atoms with Crippen LogP contribution >= 0.6 is 0 Å². The van der Waals surface area contributed by atoms with Crippen molar-refractivity contribution in [3.05, 3.63) is 0 Å². The maximum absolute atomic E-state index is 2.50. The number of rotatable bonds is 5. The molecule has 0 saturated heterocycles. The van der Waals surface area contributed by atoms with Gasteiger partial charge in [-0.05, 0) is 36.0 Å². The third-order valence-corrected chi connectivity index (χ3v) is 4.26. The van der Waals surface area contributed by atoms with Gasteiger partial charge in [-0.1, -0.05) is 47.5 Å². The van der Waals surface area contributed by atoms with Gasteiger partial charge in [-0.2, -0.15) is 0 Å². The van der Waals surface area contributed by atoms with Gasteiger partial charge in [0.15, 0.2) is 0 Å². The summed E-state index contributed by atoms with van der Waals surface area (Å²) in [6.07, 6.45) is 5.66. The van der Waals surface area contributed by atoms with Crippen LogP contribution in [0.15, 0.2) is 0 Å². The van der Waals surface area contributed by atoms with E-state index in [1.807, 2.05) is 0 Å². The summed E-state index contributed by atoms with van der Waals surface area (Å²) >= 11 is 0. The highest BCUT2D eigenvalue weighted by atomic mass is 14.6. The Balaban J connectivity index is 2.36. The van der Waals surface area contributed by atoms with Crippen molar-refractivity contribution in [2.45, 2.75) is 60.3 Å². The van der Waals surface area contributed by atoms with Crippen LogP contribution in [-0.2, 0) is 0 Å². The number of hydrogen-bond donors (Lipinski definition) is 0. The van der Waals surface area contributed by atoms with Crippen molar-refractivity contribution in [1.29, 1.82) is 0 Å². The van der Waals surface area contributed by atoms with Crippen LogP contribution in [0.25, 0.3) is 0 Å². The highest BCUT2D eigenvalue weighted by Gasteiger charge is 2.51. The third-order valence-electron chi connectivity index (χ3n) is 4.26. The summed E-state index contributed by atoms with van der Waals surface area (Å²) in [4.78, 5) is 0. The Morgan fingerprint density at radius 2 is 1.85 bits per heavy atom. The first-order chi connectivity index (χ1) is 6.03. The minimum absolute atomic E-state index is 0.713. The quantitative estimate of drug-likeness (QED) is 0.587. The van der Waals surface area contributed by atoms with Crippen molar-refractivity contribution in [2.24, 2.45) is 23.2 Å². The monoisotopic (exact) mass is 182 g/mol. The smallest absolute Gasteiger partial charge is 0.0289 e. The Morgan fingerprint density at radius 1 is 1.23 bits per heavy atom. The van der Waals surface area contributed by atoms with E-state index in [9.17, 15) is 0 Å². The first-order valence-electron chi connectivity index (χ1n) is 6.03. The van der Waals surface area contributed by atoms with E-state index in [1.165, 1.54) is 25.7 Å². The second kappa shape index (κ2) is 4.02. The molecule has 0 spiro atoms. The topological polar surface area (TPSA) is 0 Å². The van der Waals surface area contributed by atoms with Gasteiger partial charge in [0.1, 0.15) is 0 Å². The average Bonchev–Trinajstić information content (AvgIpc) is 2.76. The standard InChI is InChI=1S/C13H26/c1-6-10(3)8-13(5)9-12(13)11(4)7-2/h10-12H,6-9H2,1-5H3. The Labute approximate surface area is 84.1 Å². The molecule has 0 nitrogen and oxygen atoms in total. The summed E-state index contributed by atoms with van der Waals surface area (Å²) in [5, 5.41) is 0. The van der Waals surface area contributed by atoms with Crippen LogP contribution in [-0.4, -0.2) is 0 Å². The summed E-state index contributed by atoms with van der Waals surface area (Å²) in [5.41, 5.74) is 0.713. The summed E-state index contributed by atoms with van der Waals surface area (Å²) in [5.74, 6) is 2.92. The normalized spacial score (nSPS) is 37.2. The zero-order valence-electron chi connectivity index (χ0n) is 10.1. The molecule has 0 bridgehead atoms. The van der Waals surface area contributed by atoms with Crippen LogP contribution in [0.4, 0.5) is 0 Å². The average molecular weight is 182 g/mol. The van der Waals surface area contributed by atoms with Gasteiger partial charge in [-0.3, -0.25) is 0 Å². The molecule has 1 aliphatic rings. The molecule has 78 valence electrons. The van der Waals surface area contributed by atoms with Gasteiger partial charge in [0, 0.05) is 0 Å². The van der Waals surface area contributed by atoms with Crippen LogP contribution in [0, 0.1) is 23.2 Å². The maximum Gasteiger partial charge on any atom is -0.0289 e. The van der Waals surface area contributed by atoms with Gasteiger partial charge in [0.05, 0.1) is 0 Å². The molecule has 1 fully saturated rings. The predicted octanol–water partition coefficient (Wildman–Crippen LogP) is 4.49. The molecule has 0 amide bonds. The fourth-order valence-corrected chi connectivity index (χ4v) is 2.79. The van der Waals surface area contributed by atoms with Crippen molar-refractivity contribution in [3.63, 3.8) is 0 Å². The lowest BCUT2D eigenvalue weighted by atomic mass is 9.87. The van der Waals surface area contributed by atoms with Crippen molar-refractivity contribution < 1.29 is 0 Å². The van der Waals surface area contributed by atoms with E-state index in [4.69, 9.17) is 0 Å². The van der Waals surface area contributed by atoms with E-state index in [-0.39, 0.29) is 0 Å². The van der Waals surface area contributed by atoms with E-state index >= 15 is 0 Å². The molecule has 0 N–H and O–H groups in total. The molecule has 0 aromatic carbocycles. The highest BCUT2D eigenvalue weighted by molar-refractivity contribution is 5.01. The zero-order chi connectivity index (χ0) is 10.1. The van der Waals surface area contributed by atoms with Crippen molar-refractivity contribution in [2.75, 3.05) is 0 Å². The van der Waals surface area contributed by atoms with Gasteiger partial charge < -0.3 is 0 Å². The summed E-state index contributed by atoms with van der Waals surface area (Å²) in [7, 11) is 0. The predicted molar refractivity (Wildman–Crippen MR) is 59.7 cm³/mol. The molecule has 0 heteroatoms. The summed E-state index contributed by atoms with van der Waals surface area (Å²) in [6, 6.07) is 0. The van der Waals surface area contributed by atoms with Crippen LogP contribution in [0.5, 0.6) is 0 Å². The minimum atomic E-state index is 0.713. The Kier molecular flexibility index (Phi) is 3.43. The fourth-order valence-electron chi connectivity index (χ4n) is 2.79. The summed E-state index contributed by atoms with van der Waals surface area (Å²) in [6.45, 7) is 12.0. The van der Waals surface area contributed by atoms with E-state index in [1.54, 1.807) is 0 Å². The van der Waals surface area contributed by atoms with Crippen molar-refractivity contribution in [3.8, 4) is 0 Å². The lowest BCUT2D eigenvalue weighted by Gasteiger charge is -2.18. The minimum Gasteiger partial charge on any atom is -0.0651 e. The first kappa shape index (κ1) is 11.1. The Bertz CT molecular complexity index is 161. The molecular formula is C13H26. The lowest BCUT2D eigenvalue weighted by Crippen LogP contribution is -2.09. The van der Waals surface area contributed by atoms with Gasteiger partial charge in [-0.15, -0.1) is 0 Å². The van der Waals surface area contributed by atoms with Crippen LogP contribution in [0.2, 0.25) is 0 Å². The zero-order valence-corrected chi connectivity index (χ0v) is 10.1. The highest BCUT2D eigenvalue weighted by Crippen LogP contribution is 2.60. The molecule has 0 heterocycles. The van der Waals surface area contributed by atoms with Gasteiger partial charge in [0.25, 0.3) is 0 Å². The van der Waals surface area contributed by atoms with Crippen molar-refractivity contribution in [1.82, 2.24) is 0 Å². The van der Waals surface area contributed by atoms with E-state index in [0.29, 0.717) is 5.41 Å². The Hall–Kier alpha value is 0. The molecule has 4 unspecified atom stereocenters. The molecule has 1 rings (SSSR count). The third kappa shape index (κ3) is 2.48. The van der Waals surface area contributed by atoms with Crippen LogP contribution in [0.1, 0.15) is 60.3 Å². The van der Waals surface area contributed by atoms with E-state index in [0.717, 1.165) is 17.8 Å². The molecule has 1 aliphatic carbocycles. The Morgan fingerprint density at radius 3 is 2.31 bits per heavy atom. The summed E-state index contributed by atoms with van der Waals surface area (Å²) < 4.78 is 0. The molecule has 0 aromatic heterocycles. The van der Waals surface area contributed by atoms with Gasteiger partial charge >= 0.3 is 0 Å².